The standard InChI is InChI=1S/C55H36N2O2/c1-4-12-37(13-5-1)39-22-24-40(25-23-39)41-26-30-45(31-27-41)57(47-19-10-18-44(34-47)38-14-6-2-7-15-38)46-32-28-42(29-33-46)48-20-11-21-49-50-35-53-51(36-52(50)58-54(48)49)56-55(59-53)43-16-8-3-9-17-43/h1-36H. The molecule has 0 bridgehead atoms. The van der Waals surface area contributed by atoms with E-state index in [1.807, 2.05) is 36.4 Å². The molecule has 11 aromatic rings. The van der Waals surface area contributed by atoms with Gasteiger partial charge in [0.25, 0.3) is 0 Å². The van der Waals surface area contributed by atoms with Gasteiger partial charge in [-0.1, -0.05) is 158 Å². The van der Waals surface area contributed by atoms with E-state index in [0.717, 1.165) is 72.4 Å². The molecule has 0 amide bonds. The second kappa shape index (κ2) is 14.5. The van der Waals surface area contributed by atoms with Crippen molar-refractivity contribution in [1.29, 1.82) is 0 Å². The molecule has 11 rings (SSSR count). The van der Waals surface area contributed by atoms with E-state index in [1.54, 1.807) is 0 Å². The first-order valence-corrected chi connectivity index (χ1v) is 19.9. The molecule has 0 saturated heterocycles. The highest BCUT2D eigenvalue weighted by Gasteiger charge is 2.18. The zero-order valence-electron chi connectivity index (χ0n) is 32.0. The van der Waals surface area contributed by atoms with Crippen molar-refractivity contribution < 1.29 is 8.83 Å². The average molecular weight is 757 g/mol. The molecule has 2 aromatic heterocycles. The van der Waals surface area contributed by atoms with Crippen LogP contribution in [0.5, 0.6) is 0 Å². The Morgan fingerprint density at radius 1 is 0.322 bits per heavy atom. The minimum absolute atomic E-state index is 0.601. The maximum atomic E-state index is 6.62. The summed E-state index contributed by atoms with van der Waals surface area (Å²) in [6.45, 7) is 0. The fraction of sp³-hybridized carbons (Fsp3) is 0. The Labute approximate surface area is 341 Å². The van der Waals surface area contributed by atoms with E-state index < -0.39 is 0 Å². The summed E-state index contributed by atoms with van der Waals surface area (Å²) in [5.74, 6) is 0.601. The Kier molecular flexibility index (Phi) is 8.45. The number of anilines is 3. The highest BCUT2D eigenvalue weighted by atomic mass is 16.4. The van der Waals surface area contributed by atoms with Crippen LogP contribution in [0, 0.1) is 0 Å². The maximum absolute atomic E-state index is 6.62. The number of hydrogen-bond acceptors (Lipinski definition) is 4. The van der Waals surface area contributed by atoms with Gasteiger partial charge in [0.05, 0.1) is 0 Å². The van der Waals surface area contributed by atoms with Gasteiger partial charge >= 0.3 is 0 Å². The highest BCUT2D eigenvalue weighted by Crippen LogP contribution is 2.41. The lowest BCUT2D eigenvalue weighted by Crippen LogP contribution is -2.10. The van der Waals surface area contributed by atoms with E-state index in [2.05, 4.69) is 187 Å². The largest absolute Gasteiger partial charge is 0.455 e. The summed E-state index contributed by atoms with van der Waals surface area (Å²) in [6.07, 6.45) is 0. The SMILES string of the molecule is c1ccc(-c2ccc(-c3ccc(N(c4ccc(-c5cccc6c5oc5cc7nc(-c8ccccc8)oc7cc56)cc4)c4cccc(-c5ccccc5)c4)cc3)cc2)cc1. The Balaban J connectivity index is 0.952. The number of benzene rings is 9. The molecule has 0 atom stereocenters. The number of hydrogen-bond donors (Lipinski definition) is 0. The molecule has 0 aliphatic rings. The molecule has 0 fully saturated rings. The molecule has 2 heterocycles. The van der Waals surface area contributed by atoms with Gasteiger partial charge in [0.15, 0.2) is 5.58 Å². The van der Waals surface area contributed by atoms with Crippen molar-refractivity contribution in [2.75, 3.05) is 4.90 Å². The van der Waals surface area contributed by atoms with E-state index >= 15 is 0 Å². The molecular formula is C55H36N2O2. The van der Waals surface area contributed by atoms with Crippen molar-refractivity contribution in [1.82, 2.24) is 4.98 Å². The quantitative estimate of drug-likeness (QED) is 0.155. The molecule has 278 valence electrons. The zero-order valence-corrected chi connectivity index (χ0v) is 32.0. The summed E-state index contributed by atoms with van der Waals surface area (Å²) in [5.41, 5.74) is 16.5. The second-order valence-electron chi connectivity index (χ2n) is 14.8. The third kappa shape index (κ3) is 6.43. The fourth-order valence-electron chi connectivity index (χ4n) is 8.13. The van der Waals surface area contributed by atoms with Gasteiger partial charge in [-0.15, -0.1) is 0 Å². The summed E-state index contributed by atoms with van der Waals surface area (Å²) >= 11 is 0. The van der Waals surface area contributed by atoms with Gasteiger partial charge in [-0.05, 0) is 93.5 Å². The average Bonchev–Trinajstić information content (AvgIpc) is 3.91. The van der Waals surface area contributed by atoms with Crippen LogP contribution in [-0.4, -0.2) is 4.98 Å². The van der Waals surface area contributed by atoms with Crippen LogP contribution in [0.4, 0.5) is 17.1 Å². The van der Waals surface area contributed by atoms with Crippen molar-refractivity contribution in [2.24, 2.45) is 0 Å². The first-order chi connectivity index (χ1) is 29.2. The van der Waals surface area contributed by atoms with Gasteiger partial charge in [-0.25, -0.2) is 4.98 Å². The minimum Gasteiger partial charge on any atom is -0.455 e. The van der Waals surface area contributed by atoms with Crippen LogP contribution in [-0.2, 0) is 0 Å². The van der Waals surface area contributed by atoms with Crippen molar-refractivity contribution in [3.05, 3.63) is 218 Å². The Hall–Kier alpha value is -7.95. The van der Waals surface area contributed by atoms with Crippen molar-refractivity contribution in [3.63, 3.8) is 0 Å². The number of oxazole rings is 1. The number of aromatic nitrogens is 1. The summed E-state index contributed by atoms with van der Waals surface area (Å²) in [6, 6.07) is 76.6. The van der Waals surface area contributed by atoms with E-state index in [-0.39, 0.29) is 0 Å². The summed E-state index contributed by atoms with van der Waals surface area (Å²) < 4.78 is 12.8. The molecule has 0 spiro atoms. The molecule has 4 nitrogen and oxygen atoms in total. The van der Waals surface area contributed by atoms with Crippen LogP contribution < -0.4 is 4.90 Å². The van der Waals surface area contributed by atoms with Gasteiger partial charge in [0.2, 0.25) is 5.89 Å². The molecule has 0 saturated carbocycles. The van der Waals surface area contributed by atoms with Crippen LogP contribution >= 0.6 is 0 Å². The van der Waals surface area contributed by atoms with Crippen LogP contribution in [0.25, 0.3) is 89.0 Å². The van der Waals surface area contributed by atoms with E-state index in [9.17, 15) is 0 Å². The lowest BCUT2D eigenvalue weighted by Gasteiger charge is -2.26. The Morgan fingerprint density at radius 3 is 1.46 bits per heavy atom. The van der Waals surface area contributed by atoms with Gasteiger partial charge in [0.1, 0.15) is 16.7 Å². The number of para-hydroxylation sites is 1. The van der Waals surface area contributed by atoms with Crippen LogP contribution in [0.3, 0.4) is 0 Å². The third-order valence-corrected chi connectivity index (χ3v) is 11.1. The number of fused-ring (bicyclic) bond motifs is 4. The topological polar surface area (TPSA) is 42.4 Å². The molecule has 0 N–H and O–H groups in total. The van der Waals surface area contributed by atoms with E-state index in [0.29, 0.717) is 5.89 Å². The summed E-state index contributed by atoms with van der Waals surface area (Å²) in [5, 5.41) is 2.04. The molecule has 9 aromatic carbocycles. The smallest absolute Gasteiger partial charge is 0.227 e. The van der Waals surface area contributed by atoms with E-state index in [1.165, 1.54) is 27.8 Å². The second-order valence-corrected chi connectivity index (χ2v) is 14.8. The Bertz CT molecular complexity index is 3220. The molecule has 59 heavy (non-hydrogen) atoms. The number of rotatable bonds is 8. The van der Waals surface area contributed by atoms with Gasteiger partial charge < -0.3 is 13.7 Å². The van der Waals surface area contributed by atoms with Crippen molar-refractivity contribution in [2.45, 2.75) is 0 Å². The zero-order chi connectivity index (χ0) is 39.1. The first-order valence-electron chi connectivity index (χ1n) is 19.9. The molecule has 4 heteroatoms. The molecule has 0 aliphatic carbocycles. The van der Waals surface area contributed by atoms with E-state index in [4.69, 9.17) is 13.8 Å². The lowest BCUT2D eigenvalue weighted by atomic mass is 9.99. The normalized spacial score (nSPS) is 11.4. The van der Waals surface area contributed by atoms with Gasteiger partial charge in [-0.3, -0.25) is 0 Å². The predicted octanol–water partition coefficient (Wildman–Crippen LogP) is 15.5. The molecular weight excluding hydrogens is 721 g/mol. The third-order valence-electron chi connectivity index (χ3n) is 11.1. The molecule has 0 radical (unpaired) electrons. The first kappa shape index (κ1) is 34.3. The van der Waals surface area contributed by atoms with Crippen molar-refractivity contribution >= 4 is 50.1 Å². The predicted molar refractivity (Wildman–Crippen MR) is 243 cm³/mol. The maximum Gasteiger partial charge on any atom is 0.227 e. The van der Waals surface area contributed by atoms with Crippen LogP contribution in [0.15, 0.2) is 227 Å². The monoisotopic (exact) mass is 756 g/mol. The van der Waals surface area contributed by atoms with Gasteiger partial charge in [0, 0.05) is 45.0 Å². The summed E-state index contributed by atoms with van der Waals surface area (Å²) in [7, 11) is 0. The number of furan rings is 1. The highest BCUT2D eigenvalue weighted by molar-refractivity contribution is 6.12. The van der Waals surface area contributed by atoms with Gasteiger partial charge in [-0.2, -0.15) is 0 Å². The van der Waals surface area contributed by atoms with Crippen LogP contribution in [0.1, 0.15) is 0 Å². The van der Waals surface area contributed by atoms with Crippen LogP contribution in [0.2, 0.25) is 0 Å². The Morgan fingerprint density at radius 2 is 0.831 bits per heavy atom. The fourth-order valence-corrected chi connectivity index (χ4v) is 8.13. The van der Waals surface area contributed by atoms with Crippen molar-refractivity contribution in [3.8, 4) is 56.0 Å². The minimum atomic E-state index is 0.601. The molecule has 0 aliphatic heterocycles. The molecule has 0 unspecified atom stereocenters. The number of nitrogens with zero attached hydrogens (tertiary/aromatic N) is 2. The summed E-state index contributed by atoms with van der Waals surface area (Å²) in [4.78, 5) is 7.11. The lowest BCUT2D eigenvalue weighted by molar-refractivity contribution is 0.620.